The number of hydrogen-bond acceptors (Lipinski definition) is 6. The Hall–Kier alpha value is -3.27. The Kier molecular flexibility index (Phi) is 12.6. The van der Waals surface area contributed by atoms with Crippen LogP contribution in [-0.2, 0) is 48.3 Å². The number of carbonyl (C=O) groups excluding carboxylic acids is 3. The van der Waals surface area contributed by atoms with Gasteiger partial charge >= 0.3 is 0 Å². The lowest BCUT2D eigenvalue weighted by atomic mass is 9.87. The third-order valence-electron chi connectivity index (χ3n) is 9.94. The van der Waals surface area contributed by atoms with Crippen LogP contribution >= 0.6 is 0 Å². The minimum atomic E-state index is -0.837. The van der Waals surface area contributed by atoms with Crippen LogP contribution < -0.4 is 5.32 Å². The summed E-state index contributed by atoms with van der Waals surface area (Å²) in [5.41, 5.74) is 3.00. The lowest BCUT2D eigenvalue weighted by Crippen LogP contribution is -2.55. The Morgan fingerprint density at radius 2 is 1.67 bits per heavy atom. The molecule has 1 fully saturated rings. The largest absolute Gasteiger partial charge is 0.381 e. The topological polar surface area (TPSA) is 97.4 Å². The minimum Gasteiger partial charge on any atom is -0.381 e. The maximum absolute atomic E-state index is 13.9. The highest BCUT2D eigenvalue weighted by Crippen LogP contribution is 2.30. The summed E-state index contributed by atoms with van der Waals surface area (Å²) in [5.74, 6) is -0.517. The van der Waals surface area contributed by atoms with Gasteiger partial charge in [0.1, 0.15) is 12.6 Å². The predicted octanol–water partition coefficient (Wildman–Crippen LogP) is 4.92. The van der Waals surface area contributed by atoms with E-state index in [0.717, 1.165) is 36.0 Å². The van der Waals surface area contributed by atoms with Crippen molar-refractivity contribution in [2.75, 3.05) is 20.8 Å². The fourth-order valence-electron chi connectivity index (χ4n) is 6.67. The molecule has 0 bridgehead atoms. The van der Waals surface area contributed by atoms with Gasteiger partial charge in [0.25, 0.3) is 5.91 Å². The molecule has 2 aromatic rings. The van der Waals surface area contributed by atoms with Gasteiger partial charge < -0.3 is 19.7 Å². The smallest absolute Gasteiger partial charge is 0.269 e. The first-order valence-electron chi connectivity index (χ1n) is 16.4. The van der Waals surface area contributed by atoms with E-state index in [-0.39, 0.29) is 35.8 Å². The van der Waals surface area contributed by atoms with Crippen molar-refractivity contribution in [3.8, 4) is 0 Å². The molecule has 9 heteroatoms. The van der Waals surface area contributed by atoms with E-state index in [9.17, 15) is 14.4 Å². The Labute approximate surface area is 268 Å². The van der Waals surface area contributed by atoms with Crippen molar-refractivity contribution in [2.45, 2.75) is 97.2 Å². The van der Waals surface area contributed by atoms with Crippen LogP contribution in [0.5, 0.6) is 0 Å². The van der Waals surface area contributed by atoms with Gasteiger partial charge in [0, 0.05) is 27.2 Å². The van der Waals surface area contributed by atoms with Crippen LogP contribution in [0.1, 0.15) is 70.1 Å². The summed E-state index contributed by atoms with van der Waals surface area (Å²) < 4.78 is 11.7. The number of carbonyl (C=O) groups is 3. The van der Waals surface area contributed by atoms with Gasteiger partial charge in [-0.25, -0.2) is 5.06 Å². The Morgan fingerprint density at radius 1 is 0.978 bits per heavy atom. The number of fused-ring (bicyclic) bond motifs is 1. The highest BCUT2D eigenvalue weighted by molar-refractivity contribution is 5.88. The van der Waals surface area contributed by atoms with E-state index < -0.39 is 18.1 Å². The monoisotopic (exact) mass is 621 g/mol. The molecular weight excluding hydrogens is 570 g/mol. The lowest BCUT2D eigenvalue weighted by Gasteiger charge is -2.36. The van der Waals surface area contributed by atoms with Crippen LogP contribution in [0.25, 0.3) is 0 Å². The van der Waals surface area contributed by atoms with E-state index in [1.807, 2.05) is 66.4 Å². The van der Waals surface area contributed by atoms with Gasteiger partial charge in [0.2, 0.25) is 11.8 Å². The zero-order valence-corrected chi connectivity index (χ0v) is 27.7. The van der Waals surface area contributed by atoms with Crippen molar-refractivity contribution in [1.29, 1.82) is 0 Å². The molecule has 7 atom stereocenters. The third kappa shape index (κ3) is 8.51. The van der Waals surface area contributed by atoms with Crippen molar-refractivity contribution < 1.29 is 28.7 Å². The number of rotatable bonds is 14. The molecule has 0 unspecified atom stereocenters. The number of benzene rings is 2. The van der Waals surface area contributed by atoms with E-state index in [0.29, 0.717) is 38.5 Å². The zero-order valence-electron chi connectivity index (χ0n) is 27.7. The molecule has 0 aliphatic carbocycles. The fraction of sp³-hybridized carbons (Fsp3) is 0.583. The Morgan fingerprint density at radius 3 is 2.33 bits per heavy atom. The van der Waals surface area contributed by atoms with Gasteiger partial charge in [-0.3, -0.25) is 19.2 Å². The number of hydrogen-bond donors (Lipinski definition) is 1. The van der Waals surface area contributed by atoms with Crippen LogP contribution in [0.4, 0.5) is 0 Å². The highest BCUT2D eigenvalue weighted by Gasteiger charge is 2.41. The van der Waals surface area contributed by atoms with Crippen LogP contribution in [0.15, 0.2) is 54.6 Å². The average molecular weight is 622 g/mol. The molecule has 45 heavy (non-hydrogen) atoms. The number of ether oxygens (including phenoxy) is 2. The van der Waals surface area contributed by atoms with E-state index in [1.54, 1.807) is 14.2 Å². The number of nitrogens with zero attached hydrogens (tertiary/aromatic N) is 2. The quantitative estimate of drug-likeness (QED) is 0.322. The van der Waals surface area contributed by atoms with Crippen molar-refractivity contribution in [1.82, 2.24) is 15.3 Å². The lowest BCUT2D eigenvalue weighted by molar-refractivity contribution is -0.203. The minimum absolute atomic E-state index is 0.0221. The summed E-state index contributed by atoms with van der Waals surface area (Å²) in [4.78, 5) is 49.0. The molecule has 2 aliphatic heterocycles. The normalized spacial score (nSPS) is 20.4. The Bertz CT molecular complexity index is 1270. The second kappa shape index (κ2) is 16.3. The predicted molar refractivity (Wildman–Crippen MR) is 173 cm³/mol. The molecule has 2 heterocycles. The van der Waals surface area contributed by atoms with Crippen molar-refractivity contribution in [3.05, 3.63) is 71.3 Å². The van der Waals surface area contributed by atoms with Gasteiger partial charge in [-0.05, 0) is 41.4 Å². The van der Waals surface area contributed by atoms with Gasteiger partial charge in [0.05, 0.1) is 37.1 Å². The molecule has 0 aromatic heterocycles. The molecule has 0 saturated carbocycles. The Balaban J connectivity index is 1.47. The standard InChI is InChI=1S/C36H51N3O6/c1-7-24(2)25(3)32(43-5)21-33(40)38-19-13-18-31(38)34(44-6)26(4)35(41)37-30(20-27-14-9-8-10-15-27)36(42)39-22-28-16-11-12-17-29(28)23-45-39/h8-12,14-17,24-26,30-32,34H,7,13,18-23H2,1-6H3,(H,37,41)/t24-,25-,26+,30-,31-,32+,34+/m0/s1. The highest BCUT2D eigenvalue weighted by atomic mass is 16.7. The summed E-state index contributed by atoms with van der Waals surface area (Å²) in [6, 6.07) is 16.4. The first-order valence-corrected chi connectivity index (χ1v) is 16.4. The summed E-state index contributed by atoms with van der Waals surface area (Å²) in [6.45, 7) is 9.51. The number of methoxy groups -OCH3 is 2. The van der Waals surface area contributed by atoms with Crippen LogP contribution in [0, 0.1) is 17.8 Å². The second-order valence-electron chi connectivity index (χ2n) is 12.7. The van der Waals surface area contributed by atoms with Gasteiger partial charge in [-0.1, -0.05) is 88.7 Å². The third-order valence-corrected chi connectivity index (χ3v) is 9.94. The molecule has 2 aromatic carbocycles. The molecule has 1 saturated heterocycles. The summed E-state index contributed by atoms with van der Waals surface area (Å²) in [7, 11) is 3.26. The maximum Gasteiger partial charge on any atom is 0.269 e. The first-order chi connectivity index (χ1) is 21.7. The van der Waals surface area contributed by atoms with E-state index in [2.05, 4.69) is 26.1 Å². The second-order valence-corrected chi connectivity index (χ2v) is 12.7. The SMILES string of the molecule is CC[C@H](C)[C@H](C)[C@@H](CC(=O)N1CCC[C@H]1[C@H](OC)[C@@H](C)C(=O)N[C@@H](Cc1ccccc1)C(=O)N1Cc2ccccc2CO1)OC. The summed E-state index contributed by atoms with van der Waals surface area (Å²) >= 11 is 0. The van der Waals surface area contributed by atoms with E-state index >= 15 is 0 Å². The number of hydroxylamine groups is 2. The molecule has 246 valence electrons. The molecule has 9 nitrogen and oxygen atoms in total. The fourth-order valence-corrected chi connectivity index (χ4v) is 6.67. The number of likely N-dealkylation sites (tertiary alicyclic amines) is 1. The van der Waals surface area contributed by atoms with E-state index in [4.69, 9.17) is 14.3 Å². The molecule has 2 aliphatic rings. The van der Waals surface area contributed by atoms with Crippen LogP contribution in [0.3, 0.4) is 0 Å². The van der Waals surface area contributed by atoms with Crippen molar-refractivity contribution >= 4 is 17.7 Å². The first kappa shape index (κ1) is 34.6. The van der Waals surface area contributed by atoms with Crippen LogP contribution in [-0.4, -0.2) is 72.7 Å². The summed E-state index contributed by atoms with van der Waals surface area (Å²) in [5, 5.41) is 4.39. The summed E-state index contributed by atoms with van der Waals surface area (Å²) in [6.07, 6.45) is 2.50. The molecule has 1 N–H and O–H groups in total. The van der Waals surface area contributed by atoms with Gasteiger partial charge in [0.15, 0.2) is 0 Å². The zero-order chi connectivity index (χ0) is 32.5. The van der Waals surface area contributed by atoms with Crippen molar-refractivity contribution in [3.63, 3.8) is 0 Å². The number of amides is 3. The number of nitrogens with one attached hydrogen (secondary N) is 1. The molecule has 3 amide bonds. The van der Waals surface area contributed by atoms with E-state index in [1.165, 1.54) is 5.06 Å². The molecule has 0 spiro atoms. The van der Waals surface area contributed by atoms with Crippen molar-refractivity contribution in [2.24, 2.45) is 17.8 Å². The maximum atomic E-state index is 13.9. The molecule has 4 rings (SSSR count). The average Bonchev–Trinajstić information content (AvgIpc) is 3.56. The molecule has 0 radical (unpaired) electrons. The van der Waals surface area contributed by atoms with Gasteiger partial charge in [-0.2, -0.15) is 0 Å². The van der Waals surface area contributed by atoms with Crippen LogP contribution in [0.2, 0.25) is 0 Å². The molecular formula is C36H51N3O6. The van der Waals surface area contributed by atoms with Gasteiger partial charge in [-0.15, -0.1) is 0 Å².